The van der Waals surface area contributed by atoms with Gasteiger partial charge in [0.2, 0.25) is 0 Å². The summed E-state index contributed by atoms with van der Waals surface area (Å²) in [5.41, 5.74) is 0.616. The SMILES string of the molecule is CN1C2CCC1CC(CNC(=O)c1cc(Cl)cc(Br)c1)C2. The van der Waals surface area contributed by atoms with E-state index in [2.05, 4.69) is 33.2 Å². The molecule has 1 N–H and O–H groups in total. The fourth-order valence-corrected chi connectivity index (χ4v) is 4.58. The van der Waals surface area contributed by atoms with Gasteiger partial charge in [-0.3, -0.25) is 4.79 Å². The zero-order chi connectivity index (χ0) is 15.0. The molecule has 0 aliphatic carbocycles. The summed E-state index contributed by atoms with van der Waals surface area (Å²) in [6, 6.07) is 6.73. The Hall–Kier alpha value is -0.580. The van der Waals surface area contributed by atoms with E-state index in [4.69, 9.17) is 11.6 Å². The lowest BCUT2D eigenvalue weighted by atomic mass is 9.91. The molecule has 0 aromatic heterocycles. The van der Waals surface area contributed by atoms with Crippen LogP contribution in [0.4, 0.5) is 0 Å². The predicted molar refractivity (Wildman–Crippen MR) is 88.8 cm³/mol. The van der Waals surface area contributed by atoms with Gasteiger partial charge in [-0.05, 0) is 56.8 Å². The van der Waals surface area contributed by atoms with Gasteiger partial charge in [-0.15, -0.1) is 0 Å². The standard InChI is InChI=1S/C16H20BrClN2O/c1-20-14-2-3-15(20)5-10(4-14)9-19-16(21)11-6-12(17)8-13(18)7-11/h6-8,10,14-15H,2-5,9H2,1H3,(H,19,21). The summed E-state index contributed by atoms with van der Waals surface area (Å²) in [6.07, 6.45) is 5.03. The van der Waals surface area contributed by atoms with E-state index >= 15 is 0 Å². The number of amides is 1. The molecule has 0 saturated carbocycles. The summed E-state index contributed by atoms with van der Waals surface area (Å²) in [6.45, 7) is 0.768. The molecule has 0 spiro atoms. The summed E-state index contributed by atoms with van der Waals surface area (Å²) >= 11 is 9.36. The van der Waals surface area contributed by atoms with Crippen LogP contribution in [0.25, 0.3) is 0 Å². The predicted octanol–water partition coefficient (Wildman–Crippen LogP) is 3.71. The molecule has 2 unspecified atom stereocenters. The van der Waals surface area contributed by atoms with Crippen LogP contribution in [-0.4, -0.2) is 36.5 Å². The van der Waals surface area contributed by atoms with E-state index in [9.17, 15) is 4.79 Å². The summed E-state index contributed by atoms with van der Waals surface area (Å²) < 4.78 is 0.831. The number of hydrogen-bond donors (Lipinski definition) is 1. The first-order valence-corrected chi connectivity index (χ1v) is 8.66. The van der Waals surface area contributed by atoms with E-state index in [1.54, 1.807) is 18.2 Å². The van der Waals surface area contributed by atoms with Crippen molar-refractivity contribution in [2.45, 2.75) is 37.8 Å². The smallest absolute Gasteiger partial charge is 0.251 e. The lowest BCUT2D eigenvalue weighted by Crippen LogP contribution is -2.43. The number of benzene rings is 1. The summed E-state index contributed by atoms with van der Waals surface area (Å²) in [4.78, 5) is 14.8. The van der Waals surface area contributed by atoms with Crippen LogP contribution in [0.3, 0.4) is 0 Å². The van der Waals surface area contributed by atoms with Gasteiger partial charge >= 0.3 is 0 Å². The lowest BCUT2D eigenvalue weighted by Gasteiger charge is -2.36. The molecule has 2 fully saturated rings. The number of carbonyl (C=O) groups excluding carboxylic acids is 1. The van der Waals surface area contributed by atoms with Crippen LogP contribution in [0, 0.1) is 5.92 Å². The third kappa shape index (κ3) is 3.43. The monoisotopic (exact) mass is 370 g/mol. The van der Waals surface area contributed by atoms with E-state index in [1.807, 2.05) is 0 Å². The number of piperidine rings is 1. The largest absolute Gasteiger partial charge is 0.352 e. The maximum atomic E-state index is 12.2. The molecule has 21 heavy (non-hydrogen) atoms. The van der Waals surface area contributed by atoms with Gasteiger partial charge < -0.3 is 10.2 Å². The lowest BCUT2D eigenvalue weighted by molar-refractivity contribution is 0.0917. The molecule has 3 rings (SSSR count). The van der Waals surface area contributed by atoms with Crippen LogP contribution < -0.4 is 5.32 Å². The van der Waals surface area contributed by atoms with Gasteiger partial charge in [-0.2, -0.15) is 0 Å². The van der Waals surface area contributed by atoms with Crippen molar-refractivity contribution < 1.29 is 4.79 Å². The summed E-state index contributed by atoms with van der Waals surface area (Å²) in [5.74, 6) is 0.565. The van der Waals surface area contributed by atoms with E-state index < -0.39 is 0 Å². The molecule has 2 bridgehead atoms. The third-order valence-electron chi connectivity index (χ3n) is 4.87. The van der Waals surface area contributed by atoms with Crippen molar-refractivity contribution >= 4 is 33.4 Å². The Balaban J connectivity index is 1.57. The van der Waals surface area contributed by atoms with Gasteiger partial charge in [0.05, 0.1) is 0 Å². The average molecular weight is 372 g/mol. The van der Waals surface area contributed by atoms with E-state index in [1.165, 1.54) is 25.7 Å². The van der Waals surface area contributed by atoms with Gasteiger partial charge in [0.1, 0.15) is 0 Å². The number of nitrogens with zero attached hydrogens (tertiary/aromatic N) is 1. The number of halogens is 2. The molecule has 1 aromatic rings. The Morgan fingerprint density at radius 3 is 2.62 bits per heavy atom. The van der Waals surface area contributed by atoms with Gasteiger partial charge in [-0.25, -0.2) is 0 Å². The van der Waals surface area contributed by atoms with Gasteiger partial charge in [0.25, 0.3) is 5.91 Å². The topological polar surface area (TPSA) is 32.3 Å². The van der Waals surface area contributed by atoms with Crippen LogP contribution in [0.5, 0.6) is 0 Å². The Bertz CT molecular complexity index is 517. The number of hydrogen-bond acceptors (Lipinski definition) is 2. The van der Waals surface area contributed by atoms with Crippen molar-refractivity contribution in [1.29, 1.82) is 0 Å². The maximum Gasteiger partial charge on any atom is 0.251 e. The molecule has 0 radical (unpaired) electrons. The van der Waals surface area contributed by atoms with Crippen molar-refractivity contribution in [1.82, 2.24) is 10.2 Å². The maximum absolute atomic E-state index is 12.2. The van der Waals surface area contributed by atoms with Crippen molar-refractivity contribution in [2.75, 3.05) is 13.6 Å². The summed E-state index contributed by atoms with van der Waals surface area (Å²) in [7, 11) is 2.24. The molecule has 3 nitrogen and oxygen atoms in total. The second-order valence-electron chi connectivity index (χ2n) is 6.26. The molecular weight excluding hydrogens is 352 g/mol. The first kappa shape index (κ1) is 15.3. The highest BCUT2D eigenvalue weighted by molar-refractivity contribution is 9.10. The number of nitrogens with one attached hydrogen (secondary N) is 1. The third-order valence-corrected chi connectivity index (χ3v) is 5.55. The first-order chi connectivity index (χ1) is 10.0. The van der Waals surface area contributed by atoms with Crippen LogP contribution in [-0.2, 0) is 0 Å². The molecule has 5 heteroatoms. The van der Waals surface area contributed by atoms with Gasteiger partial charge in [0.15, 0.2) is 0 Å². The van der Waals surface area contributed by atoms with Crippen molar-refractivity contribution in [3.05, 3.63) is 33.3 Å². The second-order valence-corrected chi connectivity index (χ2v) is 7.61. The fourth-order valence-electron chi connectivity index (χ4n) is 3.71. The Morgan fingerprint density at radius 1 is 1.33 bits per heavy atom. The minimum absolute atomic E-state index is 0.0375. The molecule has 114 valence electrons. The van der Waals surface area contributed by atoms with Crippen LogP contribution >= 0.6 is 27.5 Å². The molecule has 1 aromatic carbocycles. The molecule has 2 atom stereocenters. The number of rotatable bonds is 3. The Kier molecular flexibility index (Phi) is 4.57. The van der Waals surface area contributed by atoms with Crippen LogP contribution in [0.15, 0.2) is 22.7 Å². The zero-order valence-corrected chi connectivity index (χ0v) is 14.5. The van der Waals surface area contributed by atoms with Crippen LogP contribution in [0.1, 0.15) is 36.0 Å². The normalized spacial score (nSPS) is 28.6. The quantitative estimate of drug-likeness (QED) is 0.878. The highest BCUT2D eigenvalue weighted by atomic mass is 79.9. The second kappa shape index (κ2) is 6.27. The Morgan fingerprint density at radius 2 is 2.00 bits per heavy atom. The van der Waals surface area contributed by atoms with E-state index in [-0.39, 0.29) is 5.91 Å². The zero-order valence-electron chi connectivity index (χ0n) is 12.1. The molecule has 1 amide bonds. The van der Waals surface area contributed by atoms with Gasteiger partial charge in [0, 0.05) is 33.7 Å². The molecule has 2 aliphatic heterocycles. The van der Waals surface area contributed by atoms with E-state index in [0.29, 0.717) is 28.6 Å². The molecule has 2 aliphatic rings. The van der Waals surface area contributed by atoms with Crippen molar-refractivity contribution in [3.8, 4) is 0 Å². The number of fused-ring (bicyclic) bond motifs is 2. The summed E-state index contributed by atoms with van der Waals surface area (Å²) in [5, 5.41) is 3.65. The van der Waals surface area contributed by atoms with Crippen LogP contribution in [0.2, 0.25) is 5.02 Å². The molecule has 2 heterocycles. The molecular formula is C16H20BrClN2O. The highest BCUT2D eigenvalue weighted by Gasteiger charge is 2.38. The average Bonchev–Trinajstić information content (AvgIpc) is 2.65. The number of carbonyl (C=O) groups is 1. The van der Waals surface area contributed by atoms with Gasteiger partial charge in [-0.1, -0.05) is 27.5 Å². The minimum Gasteiger partial charge on any atom is -0.352 e. The van der Waals surface area contributed by atoms with Crippen molar-refractivity contribution in [2.24, 2.45) is 5.92 Å². The highest BCUT2D eigenvalue weighted by Crippen LogP contribution is 2.37. The Labute approximate surface area is 139 Å². The van der Waals surface area contributed by atoms with Crippen molar-refractivity contribution in [3.63, 3.8) is 0 Å². The minimum atomic E-state index is -0.0375. The molecule has 2 saturated heterocycles. The van der Waals surface area contributed by atoms with E-state index in [0.717, 1.165) is 11.0 Å². The fraction of sp³-hybridized carbons (Fsp3) is 0.562. The first-order valence-electron chi connectivity index (χ1n) is 7.49.